The van der Waals surface area contributed by atoms with Gasteiger partial charge in [0.25, 0.3) is 5.91 Å². The largest absolute Gasteiger partial charge is 0.488 e. The van der Waals surface area contributed by atoms with Gasteiger partial charge < -0.3 is 10.1 Å². The van der Waals surface area contributed by atoms with Gasteiger partial charge in [-0.2, -0.15) is 0 Å². The first-order chi connectivity index (χ1) is 12.5. The molecule has 0 spiro atoms. The van der Waals surface area contributed by atoms with E-state index in [9.17, 15) is 9.18 Å². The zero-order chi connectivity index (χ0) is 18.5. The SMILES string of the molecule is O=C(Nc1cc(Cl)cc(Cl)c1)c1ccccc1OCc1ccc(F)cc1. The van der Waals surface area contributed by atoms with Crippen molar-refractivity contribution in [2.24, 2.45) is 0 Å². The summed E-state index contributed by atoms with van der Waals surface area (Å²) in [6.07, 6.45) is 0. The maximum Gasteiger partial charge on any atom is 0.259 e. The molecule has 0 unspecified atom stereocenters. The monoisotopic (exact) mass is 389 g/mol. The van der Waals surface area contributed by atoms with Crippen molar-refractivity contribution >= 4 is 34.8 Å². The fourth-order valence-electron chi connectivity index (χ4n) is 2.35. The van der Waals surface area contributed by atoms with Gasteiger partial charge in [-0.3, -0.25) is 4.79 Å². The third-order valence-electron chi connectivity index (χ3n) is 3.56. The lowest BCUT2D eigenvalue weighted by Crippen LogP contribution is -2.13. The molecule has 0 bridgehead atoms. The van der Waals surface area contributed by atoms with E-state index < -0.39 is 0 Å². The van der Waals surface area contributed by atoms with Crippen LogP contribution in [0.2, 0.25) is 10.0 Å². The van der Waals surface area contributed by atoms with Gasteiger partial charge in [-0.1, -0.05) is 47.5 Å². The molecule has 3 aromatic carbocycles. The summed E-state index contributed by atoms with van der Waals surface area (Å²) in [5.41, 5.74) is 1.65. The molecular weight excluding hydrogens is 376 g/mol. The molecule has 0 aliphatic heterocycles. The second-order valence-electron chi connectivity index (χ2n) is 5.52. The highest BCUT2D eigenvalue weighted by Crippen LogP contribution is 2.25. The number of carbonyl (C=O) groups excluding carboxylic acids is 1. The van der Waals surface area contributed by atoms with E-state index in [2.05, 4.69) is 5.32 Å². The number of hydrogen-bond donors (Lipinski definition) is 1. The lowest BCUT2D eigenvalue weighted by molar-refractivity contribution is 0.102. The highest BCUT2D eigenvalue weighted by atomic mass is 35.5. The third-order valence-corrected chi connectivity index (χ3v) is 4.00. The van der Waals surface area contributed by atoms with Gasteiger partial charge in [-0.25, -0.2) is 4.39 Å². The van der Waals surface area contributed by atoms with Crippen LogP contribution in [-0.4, -0.2) is 5.91 Å². The summed E-state index contributed by atoms with van der Waals surface area (Å²) in [4.78, 5) is 12.6. The summed E-state index contributed by atoms with van der Waals surface area (Å²) in [5.74, 6) is -0.241. The highest BCUT2D eigenvalue weighted by Gasteiger charge is 2.13. The fraction of sp³-hybridized carbons (Fsp3) is 0.0500. The average Bonchev–Trinajstić information content (AvgIpc) is 2.60. The van der Waals surface area contributed by atoms with Crippen LogP contribution in [0.1, 0.15) is 15.9 Å². The van der Waals surface area contributed by atoms with Crippen molar-refractivity contribution in [3.05, 3.63) is 93.7 Å². The lowest BCUT2D eigenvalue weighted by atomic mass is 10.1. The van der Waals surface area contributed by atoms with Crippen molar-refractivity contribution in [2.75, 3.05) is 5.32 Å². The molecule has 0 radical (unpaired) electrons. The number of anilines is 1. The normalized spacial score (nSPS) is 10.4. The predicted octanol–water partition coefficient (Wildman–Crippen LogP) is 5.96. The Morgan fingerprint density at radius 2 is 1.62 bits per heavy atom. The summed E-state index contributed by atoms with van der Waals surface area (Å²) in [5, 5.41) is 3.60. The van der Waals surface area contributed by atoms with Crippen LogP contribution in [-0.2, 0) is 6.61 Å². The Labute approximate surface area is 160 Å². The number of nitrogens with one attached hydrogen (secondary N) is 1. The van der Waals surface area contributed by atoms with Gasteiger partial charge in [0.2, 0.25) is 0 Å². The molecule has 0 saturated carbocycles. The molecule has 3 rings (SSSR count). The van der Waals surface area contributed by atoms with E-state index in [4.69, 9.17) is 27.9 Å². The molecule has 1 N–H and O–H groups in total. The van der Waals surface area contributed by atoms with Crippen LogP contribution in [0.4, 0.5) is 10.1 Å². The molecule has 0 aliphatic rings. The quantitative estimate of drug-likeness (QED) is 0.584. The van der Waals surface area contributed by atoms with Crippen LogP contribution in [0.15, 0.2) is 66.7 Å². The van der Waals surface area contributed by atoms with Crippen molar-refractivity contribution in [1.29, 1.82) is 0 Å². The molecule has 0 aromatic heterocycles. The maximum absolute atomic E-state index is 13.0. The molecule has 0 atom stereocenters. The minimum Gasteiger partial charge on any atom is -0.488 e. The molecule has 1 amide bonds. The van der Waals surface area contributed by atoms with Crippen LogP contribution < -0.4 is 10.1 Å². The number of carbonyl (C=O) groups is 1. The Morgan fingerprint density at radius 1 is 0.962 bits per heavy atom. The van der Waals surface area contributed by atoms with Gasteiger partial charge in [-0.05, 0) is 48.0 Å². The molecule has 0 saturated heterocycles. The number of amides is 1. The Kier molecular flexibility index (Phi) is 5.76. The topological polar surface area (TPSA) is 38.3 Å². The second-order valence-corrected chi connectivity index (χ2v) is 6.40. The molecular formula is C20H14Cl2FNO2. The first kappa shape index (κ1) is 18.2. The molecule has 132 valence electrons. The van der Waals surface area contributed by atoms with Gasteiger partial charge in [-0.15, -0.1) is 0 Å². The van der Waals surface area contributed by atoms with E-state index in [1.807, 2.05) is 0 Å². The standard InChI is InChI=1S/C20H14Cl2FNO2/c21-14-9-15(22)11-17(10-14)24-20(25)18-3-1-2-4-19(18)26-12-13-5-7-16(23)8-6-13/h1-11H,12H2,(H,24,25). The Hall–Kier alpha value is -2.56. The van der Waals surface area contributed by atoms with Crippen molar-refractivity contribution < 1.29 is 13.9 Å². The van der Waals surface area contributed by atoms with Crippen LogP contribution in [0.5, 0.6) is 5.75 Å². The fourth-order valence-corrected chi connectivity index (χ4v) is 2.87. The van der Waals surface area contributed by atoms with Gasteiger partial charge in [0.15, 0.2) is 0 Å². The Balaban J connectivity index is 1.75. The van der Waals surface area contributed by atoms with E-state index >= 15 is 0 Å². The Morgan fingerprint density at radius 3 is 2.31 bits per heavy atom. The van der Waals surface area contributed by atoms with Crippen LogP contribution in [0.25, 0.3) is 0 Å². The van der Waals surface area contributed by atoms with Gasteiger partial charge in [0.1, 0.15) is 18.2 Å². The molecule has 26 heavy (non-hydrogen) atoms. The van der Waals surface area contributed by atoms with Gasteiger partial charge in [0.05, 0.1) is 5.56 Å². The van der Waals surface area contributed by atoms with E-state index in [1.165, 1.54) is 12.1 Å². The van der Waals surface area contributed by atoms with Crippen LogP contribution in [0, 0.1) is 5.82 Å². The molecule has 0 aliphatic carbocycles. The summed E-state index contributed by atoms with van der Waals surface area (Å²) < 4.78 is 18.7. The van der Waals surface area contributed by atoms with E-state index in [0.717, 1.165) is 5.56 Å². The number of hydrogen-bond acceptors (Lipinski definition) is 2. The second kappa shape index (κ2) is 8.21. The maximum atomic E-state index is 13.0. The number of para-hydroxylation sites is 1. The van der Waals surface area contributed by atoms with E-state index in [1.54, 1.807) is 54.6 Å². The minimum atomic E-state index is -0.349. The molecule has 0 fully saturated rings. The minimum absolute atomic E-state index is 0.216. The van der Waals surface area contributed by atoms with E-state index in [-0.39, 0.29) is 18.3 Å². The summed E-state index contributed by atoms with van der Waals surface area (Å²) in [7, 11) is 0. The third kappa shape index (κ3) is 4.75. The molecule has 0 heterocycles. The first-order valence-corrected chi connectivity index (χ1v) is 8.50. The van der Waals surface area contributed by atoms with Gasteiger partial charge >= 0.3 is 0 Å². The van der Waals surface area contributed by atoms with Crippen LogP contribution >= 0.6 is 23.2 Å². The zero-order valence-corrected chi connectivity index (χ0v) is 15.0. The number of halogens is 3. The van der Waals surface area contributed by atoms with Crippen LogP contribution in [0.3, 0.4) is 0 Å². The van der Waals surface area contributed by atoms with Crippen molar-refractivity contribution in [2.45, 2.75) is 6.61 Å². The van der Waals surface area contributed by atoms with Crippen molar-refractivity contribution in [3.63, 3.8) is 0 Å². The van der Waals surface area contributed by atoms with Crippen molar-refractivity contribution in [3.8, 4) is 5.75 Å². The van der Waals surface area contributed by atoms with Crippen molar-refractivity contribution in [1.82, 2.24) is 0 Å². The number of ether oxygens (including phenoxy) is 1. The highest BCUT2D eigenvalue weighted by molar-refractivity contribution is 6.35. The lowest BCUT2D eigenvalue weighted by Gasteiger charge is -2.12. The molecule has 6 heteroatoms. The smallest absolute Gasteiger partial charge is 0.259 e. The van der Waals surface area contributed by atoms with Gasteiger partial charge in [0, 0.05) is 15.7 Å². The predicted molar refractivity (Wildman–Crippen MR) is 102 cm³/mol. The zero-order valence-electron chi connectivity index (χ0n) is 13.5. The summed E-state index contributed by atoms with van der Waals surface area (Å²) in [6, 6.07) is 17.6. The summed E-state index contributed by atoms with van der Waals surface area (Å²) >= 11 is 11.9. The van der Waals surface area contributed by atoms with E-state index in [0.29, 0.717) is 27.0 Å². The number of benzene rings is 3. The Bertz CT molecular complexity index is 909. The first-order valence-electron chi connectivity index (χ1n) is 7.75. The molecule has 3 nitrogen and oxygen atoms in total. The number of rotatable bonds is 5. The average molecular weight is 390 g/mol. The molecule has 3 aromatic rings. The summed E-state index contributed by atoms with van der Waals surface area (Å²) in [6.45, 7) is 0.216.